The molecule has 0 saturated carbocycles. The quantitative estimate of drug-likeness (QED) is 0.560. The number of hydrogen-bond donors (Lipinski definition) is 0. The molecule has 1 aliphatic heterocycles. The lowest BCUT2D eigenvalue weighted by molar-refractivity contribution is 0.101. The summed E-state index contributed by atoms with van der Waals surface area (Å²) in [6.07, 6.45) is 1.95. The second-order valence-electron chi connectivity index (χ2n) is 7.62. The van der Waals surface area contributed by atoms with Crippen LogP contribution in [0.2, 0.25) is 0 Å². The second-order valence-corrected chi connectivity index (χ2v) is 7.62. The maximum Gasteiger partial charge on any atom is 0.231 e. The number of aromatic nitrogens is 2. The number of ether oxygens (including phenoxy) is 1. The Hall–Kier alpha value is -3.06. The number of hydrogen-bond acceptors (Lipinski definition) is 6. The molecule has 30 heavy (non-hydrogen) atoms. The molecular weight excluding hydrogens is 385 g/mol. The van der Waals surface area contributed by atoms with E-state index in [0.29, 0.717) is 29.4 Å². The topological polar surface area (TPSA) is 68.5 Å². The molecule has 6 nitrogen and oxygen atoms in total. The fourth-order valence-corrected chi connectivity index (χ4v) is 3.91. The average molecular weight is 409 g/mol. The number of halogens is 1. The zero-order valence-electron chi connectivity index (χ0n) is 17.1. The van der Waals surface area contributed by atoms with Crippen LogP contribution in [0.15, 0.2) is 47.0 Å². The van der Waals surface area contributed by atoms with Crippen molar-refractivity contribution in [2.75, 3.05) is 20.2 Å². The van der Waals surface area contributed by atoms with Crippen molar-refractivity contribution in [2.45, 2.75) is 32.2 Å². The van der Waals surface area contributed by atoms with Gasteiger partial charge in [0.2, 0.25) is 11.7 Å². The molecule has 1 atom stereocenters. The second kappa shape index (κ2) is 8.75. The van der Waals surface area contributed by atoms with Gasteiger partial charge >= 0.3 is 0 Å². The van der Waals surface area contributed by atoms with Crippen molar-refractivity contribution in [3.63, 3.8) is 0 Å². The number of piperidine rings is 1. The molecule has 0 N–H and O–H groups in total. The van der Waals surface area contributed by atoms with Crippen molar-refractivity contribution in [1.29, 1.82) is 0 Å². The third-order valence-electron chi connectivity index (χ3n) is 5.46. The van der Waals surface area contributed by atoms with Crippen LogP contribution in [0.3, 0.4) is 0 Å². The summed E-state index contributed by atoms with van der Waals surface area (Å²) < 4.78 is 24.5. The highest BCUT2D eigenvalue weighted by molar-refractivity contribution is 5.94. The number of carbonyl (C=O) groups is 1. The van der Waals surface area contributed by atoms with Crippen molar-refractivity contribution in [3.05, 3.63) is 65.3 Å². The van der Waals surface area contributed by atoms with Crippen molar-refractivity contribution in [2.24, 2.45) is 0 Å². The van der Waals surface area contributed by atoms with Crippen LogP contribution in [0.4, 0.5) is 4.39 Å². The fraction of sp³-hybridized carbons (Fsp3) is 0.348. The minimum Gasteiger partial charge on any atom is -0.496 e. The van der Waals surface area contributed by atoms with Gasteiger partial charge in [-0.2, -0.15) is 4.98 Å². The highest BCUT2D eigenvalue weighted by Crippen LogP contribution is 2.30. The highest BCUT2D eigenvalue weighted by Gasteiger charge is 2.27. The van der Waals surface area contributed by atoms with Gasteiger partial charge in [-0.1, -0.05) is 17.3 Å². The molecule has 1 fully saturated rings. The SMILES string of the molecule is COc1ccc(C(C)=O)cc1CN1CCCC(c2nc(-c3cccc(F)c3)no2)C1. The van der Waals surface area contributed by atoms with Crippen molar-refractivity contribution in [1.82, 2.24) is 15.0 Å². The molecule has 0 bridgehead atoms. The predicted molar refractivity (Wildman–Crippen MR) is 110 cm³/mol. The van der Waals surface area contributed by atoms with Crippen molar-refractivity contribution in [3.8, 4) is 17.1 Å². The molecular formula is C23H24FN3O3. The maximum atomic E-state index is 13.5. The standard InChI is InChI=1S/C23H24FN3O3/c1-15(28)16-8-9-21(29-2)19(11-16)14-27-10-4-6-18(13-27)23-25-22(26-30-23)17-5-3-7-20(24)12-17/h3,5,7-9,11-12,18H,4,6,10,13-14H2,1-2H3. The summed E-state index contributed by atoms with van der Waals surface area (Å²) in [6, 6.07) is 11.7. The Labute approximate surface area is 174 Å². The number of Topliss-reactive ketones (excluding diaryl/α,β-unsaturated/α-hetero) is 1. The predicted octanol–water partition coefficient (Wildman–Crippen LogP) is 4.47. The average Bonchev–Trinajstić information content (AvgIpc) is 3.24. The smallest absolute Gasteiger partial charge is 0.231 e. The van der Waals surface area contributed by atoms with E-state index in [4.69, 9.17) is 9.26 Å². The van der Waals surface area contributed by atoms with Gasteiger partial charge in [-0.3, -0.25) is 9.69 Å². The van der Waals surface area contributed by atoms with E-state index in [1.165, 1.54) is 12.1 Å². The summed E-state index contributed by atoms with van der Waals surface area (Å²) in [5, 5.41) is 4.04. The molecule has 1 saturated heterocycles. The zero-order chi connectivity index (χ0) is 21.1. The maximum absolute atomic E-state index is 13.5. The highest BCUT2D eigenvalue weighted by atomic mass is 19.1. The Morgan fingerprint density at radius 2 is 2.17 bits per heavy atom. The Kier molecular flexibility index (Phi) is 5.90. The van der Waals surface area contributed by atoms with Crippen LogP contribution < -0.4 is 4.74 Å². The Balaban J connectivity index is 1.49. The molecule has 0 aliphatic carbocycles. The lowest BCUT2D eigenvalue weighted by Crippen LogP contribution is -2.34. The monoisotopic (exact) mass is 409 g/mol. The fourth-order valence-electron chi connectivity index (χ4n) is 3.91. The van der Waals surface area contributed by atoms with Gasteiger partial charge < -0.3 is 9.26 Å². The molecule has 0 spiro atoms. The summed E-state index contributed by atoms with van der Waals surface area (Å²) in [5.74, 6) is 1.56. The van der Waals surface area contributed by atoms with Gasteiger partial charge in [0.15, 0.2) is 5.78 Å². The third kappa shape index (κ3) is 4.41. The van der Waals surface area contributed by atoms with Gasteiger partial charge in [0.1, 0.15) is 11.6 Å². The van der Waals surface area contributed by atoms with Gasteiger partial charge in [0, 0.05) is 29.8 Å². The molecule has 0 amide bonds. The number of benzene rings is 2. The molecule has 156 valence electrons. The van der Waals surface area contributed by atoms with Crippen LogP contribution in [-0.4, -0.2) is 41.0 Å². The summed E-state index contributed by atoms with van der Waals surface area (Å²) >= 11 is 0. The summed E-state index contributed by atoms with van der Waals surface area (Å²) in [4.78, 5) is 18.6. The van der Waals surface area contributed by atoms with E-state index in [1.54, 1.807) is 32.2 Å². The molecule has 2 aromatic carbocycles. The molecule has 1 unspecified atom stereocenters. The first kappa shape index (κ1) is 20.2. The van der Waals surface area contributed by atoms with E-state index >= 15 is 0 Å². The Morgan fingerprint density at radius 3 is 2.93 bits per heavy atom. The van der Waals surface area contributed by atoms with E-state index in [0.717, 1.165) is 37.2 Å². The first-order chi connectivity index (χ1) is 14.5. The van der Waals surface area contributed by atoms with E-state index in [9.17, 15) is 9.18 Å². The van der Waals surface area contributed by atoms with Crippen LogP contribution in [0.5, 0.6) is 5.75 Å². The van der Waals surface area contributed by atoms with Crippen molar-refractivity contribution >= 4 is 5.78 Å². The van der Waals surface area contributed by atoms with E-state index in [-0.39, 0.29) is 17.5 Å². The van der Waals surface area contributed by atoms with Crippen LogP contribution in [0.25, 0.3) is 11.4 Å². The minimum absolute atomic E-state index is 0.0335. The molecule has 3 aromatic rings. The Bertz CT molecular complexity index is 1050. The normalized spacial score (nSPS) is 17.1. The number of likely N-dealkylation sites (tertiary alicyclic amines) is 1. The number of carbonyl (C=O) groups excluding carboxylic acids is 1. The van der Waals surface area contributed by atoms with Gasteiger partial charge in [-0.25, -0.2) is 4.39 Å². The number of methoxy groups -OCH3 is 1. The van der Waals surface area contributed by atoms with Gasteiger partial charge in [0.05, 0.1) is 13.0 Å². The van der Waals surface area contributed by atoms with Gasteiger partial charge in [0.25, 0.3) is 0 Å². The third-order valence-corrected chi connectivity index (χ3v) is 5.46. The summed E-state index contributed by atoms with van der Waals surface area (Å²) in [6.45, 7) is 3.94. The van der Waals surface area contributed by atoms with E-state index < -0.39 is 0 Å². The van der Waals surface area contributed by atoms with Gasteiger partial charge in [-0.15, -0.1) is 0 Å². The van der Waals surface area contributed by atoms with E-state index in [1.807, 2.05) is 12.1 Å². The largest absolute Gasteiger partial charge is 0.496 e. The lowest BCUT2D eigenvalue weighted by atomic mass is 9.97. The zero-order valence-corrected chi connectivity index (χ0v) is 17.1. The van der Waals surface area contributed by atoms with Crippen LogP contribution in [-0.2, 0) is 6.54 Å². The Morgan fingerprint density at radius 1 is 1.30 bits per heavy atom. The van der Waals surface area contributed by atoms with Crippen LogP contribution in [0, 0.1) is 5.82 Å². The molecule has 7 heteroatoms. The summed E-state index contributed by atoms with van der Waals surface area (Å²) in [5.41, 5.74) is 2.26. The minimum atomic E-state index is -0.329. The molecule has 1 aromatic heterocycles. The molecule has 4 rings (SSSR count). The molecule has 1 aliphatic rings. The molecule has 0 radical (unpaired) electrons. The number of ketones is 1. The van der Waals surface area contributed by atoms with Crippen LogP contribution >= 0.6 is 0 Å². The van der Waals surface area contributed by atoms with Gasteiger partial charge in [-0.05, 0) is 56.6 Å². The lowest BCUT2D eigenvalue weighted by Gasteiger charge is -2.31. The van der Waals surface area contributed by atoms with E-state index in [2.05, 4.69) is 15.0 Å². The number of nitrogens with zero attached hydrogens (tertiary/aromatic N) is 3. The first-order valence-electron chi connectivity index (χ1n) is 10.0. The summed E-state index contributed by atoms with van der Waals surface area (Å²) in [7, 11) is 1.64. The molecule has 2 heterocycles. The van der Waals surface area contributed by atoms with Crippen LogP contribution in [0.1, 0.15) is 47.5 Å². The number of rotatable bonds is 6. The first-order valence-corrected chi connectivity index (χ1v) is 10.0. The van der Waals surface area contributed by atoms with Crippen molar-refractivity contribution < 1.29 is 18.4 Å².